The second-order valence-corrected chi connectivity index (χ2v) is 22.3. The minimum atomic E-state index is -0.495. The van der Waals surface area contributed by atoms with Gasteiger partial charge in [-0.15, -0.1) is 0 Å². The molecule has 0 fully saturated rings. The average Bonchev–Trinajstić information content (AvgIpc) is 2.78. The fraction of sp³-hybridized carbons (Fsp3) is 0.0123. The van der Waals surface area contributed by atoms with Gasteiger partial charge in [0.2, 0.25) is 0 Å². The smallest absolute Gasteiger partial charge is 0.0713 e. The van der Waals surface area contributed by atoms with Crippen molar-refractivity contribution in [2.24, 2.45) is 0 Å². The van der Waals surface area contributed by atoms with E-state index in [1.165, 1.54) is 132 Å². The van der Waals surface area contributed by atoms with Crippen molar-refractivity contribution in [1.29, 1.82) is 0 Å². The van der Waals surface area contributed by atoms with E-state index < -0.39 is 5.41 Å². The summed E-state index contributed by atoms with van der Waals surface area (Å²) < 4.78 is 4.86. The van der Waals surface area contributed by atoms with Crippen molar-refractivity contribution in [2.45, 2.75) is 5.41 Å². The van der Waals surface area contributed by atoms with E-state index in [1.54, 1.807) is 0 Å². The number of para-hydroxylation sites is 2. The molecule has 1 aliphatic rings. The van der Waals surface area contributed by atoms with E-state index in [2.05, 4.69) is 325 Å². The molecule has 1 aliphatic carbocycles. The van der Waals surface area contributed by atoms with Gasteiger partial charge in [0.15, 0.2) is 0 Å². The van der Waals surface area contributed by atoms with Crippen LogP contribution in [0.1, 0.15) is 22.3 Å². The van der Waals surface area contributed by atoms with Gasteiger partial charge in [-0.25, -0.2) is 0 Å². The van der Waals surface area contributed by atoms with Crippen LogP contribution in [0.4, 0.5) is 0 Å². The molecular weight excluding hydrogens is 1000 g/mol. The van der Waals surface area contributed by atoms with Crippen LogP contribution in [0.15, 0.2) is 315 Å². The molecule has 17 rings (SSSR count). The number of hydrogen-bond donors (Lipinski definition) is 0. The first kappa shape index (κ1) is 47.1. The summed E-state index contributed by atoms with van der Waals surface area (Å²) in [6, 6.07) is 117. The molecule has 83 heavy (non-hydrogen) atoms. The van der Waals surface area contributed by atoms with Gasteiger partial charge < -0.3 is 9.13 Å². The van der Waals surface area contributed by atoms with Crippen LogP contribution in [0, 0.1) is 0 Å². The van der Waals surface area contributed by atoms with Crippen molar-refractivity contribution in [3.63, 3.8) is 0 Å². The van der Waals surface area contributed by atoms with E-state index in [-0.39, 0.29) is 0 Å². The first-order valence-electron chi connectivity index (χ1n) is 28.8. The summed E-state index contributed by atoms with van der Waals surface area (Å²) >= 11 is 0. The van der Waals surface area contributed by atoms with Crippen molar-refractivity contribution in [3.05, 3.63) is 338 Å². The highest BCUT2D eigenvalue weighted by atomic mass is 15.0. The summed E-state index contributed by atoms with van der Waals surface area (Å²) in [5, 5.41) is 9.95. The van der Waals surface area contributed by atoms with E-state index in [1.807, 2.05) is 0 Å². The number of nitrogens with zero attached hydrogens (tertiary/aromatic N) is 2. The van der Waals surface area contributed by atoms with Crippen LogP contribution in [-0.4, -0.2) is 9.13 Å². The number of aromatic nitrogens is 2. The molecular formula is C81H52N2. The lowest BCUT2D eigenvalue weighted by Crippen LogP contribution is -2.28. The predicted octanol–water partition coefficient (Wildman–Crippen LogP) is 21.2. The van der Waals surface area contributed by atoms with Gasteiger partial charge in [-0.05, 0) is 166 Å². The highest BCUT2D eigenvalue weighted by molar-refractivity contribution is 6.21. The van der Waals surface area contributed by atoms with Crippen LogP contribution in [0.2, 0.25) is 0 Å². The Labute approximate surface area is 481 Å². The van der Waals surface area contributed by atoms with Crippen LogP contribution in [-0.2, 0) is 5.41 Å². The summed E-state index contributed by atoms with van der Waals surface area (Å²) in [6.07, 6.45) is 0. The Morgan fingerprint density at radius 2 is 0.554 bits per heavy atom. The molecule has 2 aromatic heterocycles. The minimum absolute atomic E-state index is 0.495. The number of hydrogen-bond acceptors (Lipinski definition) is 0. The summed E-state index contributed by atoms with van der Waals surface area (Å²) in [6.45, 7) is 0. The Bertz CT molecular complexity index is 5070. The van der Waals surface area contributed by atoms with Crippen molar-refractivity contribution < 1.29 is 0 Å². The standard InChI is InChI=1S/C81H52N2/c1-4-20-54(21-5-1)79-67-29-10-12-31-69(67)80(70-32-13-11-30-68(70)79)55-38-45-62(46-39-55)83-77-48-41-56(53-36-43-61(44-37-53)82-75-34-18-15-27-65(75)66-28-16-19-35-76(66)82)50-71(77)72-51-57(42-49-78(72)83)58-40-47-64-63-26-14-17-33-73(63)81(74(64)52-58,59-22-6-2-7-23-59)60-24-8-3-9-25-60/h1-52H. The number of fused-ring (bicyclic) bond motifs is 11. The van der Waals surface area contributed by atoms with E-state index >= 15 is 0 Å². The molecule has 16 aromatic rings. The molecule has 0 saturated carbocycles. The van der Waals surface area contributed by atoms with Crippen molar-refractivity contribution in [2.75, 3.05) is 0 Å². The lowest BCUT2D eigenvalue weighted by Gasteiger charge is -2.34. The van der Waals surface area contributed by atoms with Crippen LogP contribution in [0.5, 0.6) is 0 Å². The van der Waals surface area contributed by atoms with Crippen molar-refractivity contribution in [1.82, 2.24) is 9.13 Å². The van der Waals surface area contributed by atoms with E-state index in [9.17, 15) is 0 Å². The molecule has 2 heteroatoms. The highest BCUT2D eigenvalue weighted by Gasteiger charge is 2.46. The maximum Gasteiger partial charge on any atom is 0.0713 e. The molecule has 0 spiro atoms. The second-order valence-electron chi connectivity index (χ2n) is 22.3. The van der Waals surface area contributed by atoms with Gasteiger partial charge in [0.25, 0.3) is 0 Å². The quantitative estimate of drug-likeness (QED) is 0.134. The first-order valence-corrected chi connectivity index (χ1v) is 28.8. The zero-order valence-corrected chi connectivity index (χ0v) is 45.4. The van der Waals surface area contributed by atoms with E-state index in [4.69, 9.17) is 0 Å². The molecule has 386 valence electrons. The van der Waals surface area contributed by atoms with Gasteiger partial charge in [0, 0.05) is 32.9 Å². The Morgan fingerprint density at radius 3 is 1.07 bits per heavy atom. The maximum absolute atomic E-state index is 2.48. The molecule has 0 unspecified atom stereocenters. The SMILES string of the molecule is c1ccc(-c2c3ccccc3c(-c3ccc(-n4c5ccc(-c6ccc(-n7c8ccccc8c8ccccc87)cc6)cc5c5cc(-c6ccc7c(c6)C(c6ccccc6)(c6ccccc6)c6ccccc6-7)ccc54)cc3)c3ccccc23)cc1. The van der Waals surface area contributed by atoms with Gasteiger partial charge in [-0.3, -0.25) is 0 Å². The lowest BCUT2D eigenvalue weighted by molar-refractivity contribution is 0.769. The van der Waals surface area contributed by atoms with Gasteiger partial charge >= 0.3 is 0 Å². The number of rotatable bonds is 8. The summed E-state index contributed by atoms with van der Waals surface area (Å²) in [5.74, 6) is 0. The van der Waals surface area contributed by atoms with Gasteiger partial charge in [0.1, 0.15) is 0 Å². The minimum Gasteiger partial charge on any atom is -0.309 e. The van der Waals surface area contributed by atoms with Crippen LogP contribution in [0.25, 0.3) is 132 Å². The topological polar surface area (TPSA) is 9.86 Å². The van der Waals surface area contributed by atoms with Crippen LogP contribution in [0.3, 0.4) is 0 Å². The summed E-state index contributed by atoms with van der Waals surface area (Å²) in [4.78, 5) is 0. The summed E-state index contributed by atoms with van der Waals surface area (Å²) in [7, 11) is 0. The zero-order chi connectivity index (χ0) is 54.6. The molecule has 0 saturated heterocycles. The zero-order valence-electron chi connectivity index (χ0n) is 45.4. The third kappa shape index (κ3) is 7.10. The lowest BCUT2D eigenvalue weighted by atomic mass is 9.67. The van der Waals surface area contributed by atoms with Gasteiger partial charge in [-0.1, -0.05) is 249 Å². The first-order chi connectivity index (χ1) is 41.2. The molecule has 0 aliphatic heterocycles. The Hall–Kier alpha value is -10.8. The fourth-order valence-electron chi connectivity index (χ4n) is 14.4. The molecule has 14 aromatic carbocycles. The molecule has 2 heterocycles. The van der Waals surface area contributed by atoms with Gasteiger partial charge in [-0.2, -0.15) is 0 Å². The second kappa shape index (κ2) is 18.6. The third-order valence-electron chi connectivity index (χ3n) is 18.0. The third-order valence-corrected chi connectivity index (χ3v) is 18.0. The van der Waals surface area contributed by atoms with Crippen LogP contribution < -0.4 is 0 Å². The molecule has 2 nitrogen and oxygen atoms in total. The van der Waals surface area contributed by atoms with Crippen LogP contribution >= 0.6 is 0 Å². The van der Waals surface area contributed by atoms with Crippen molar-refractivity contribution >= 4 is 65.2 Å². The summed E-state index contributed by atoms with van der Waals surface area (Å²) in [5.41, 5.74) is 23.9. The van der Waals surface area contributed by atoms with E-state index in [0.717, 1.165) is 22.4 Å². The highest BCUT2D eigenvalue weighted by Crippen LogP contribution is 2.57. The Balaban J connectivity index is 0.840. The van der Waals surface area contributed by atoms with Gasteiger partial charge in [0.05, 0.1) is 27.5 Å². The largest absolute Gasteiger partial charge is 0.309 e. The molecule has 0 radical (unpaired) electrons. The Morgan fingerprint density at radius 1 is 0.205 bits per heavy atom. The molecule has 0 atom stereocenters. The normalized spacial score (nSPS) is 12.7. The Kier molecular flexibility index (Phi) is 10.6. The predicted molar refractivity (Wildman–Crippen MR) is 349 cm³/mol. The molecule has 0 N–H and O–H groups in total. The molecule has 0 amide bonds. The maximum atomic E-state index is 2.48. The molecule has 0 bridgehead atoms. The van der Waals surface area contributed by atoms with E-state index in [0.29, 0.717) is 0 Å². The fourth-order valence-corrected chi connectivity index (χ4v) is 14.4. The monoisotopic (exact) mass is 1050 g/mol. The van der Waals surface area contributed by atoms with Crippen molar-refractivity contribution in [3.8, 4) is 67.0 Å². The number of benzene rings is 14. The average molecular weight is 1050 g/mol.